The van der Waals surface area contributed by atoms with Gasteiger partial charge in [-0.3, -0.25) is 9.59 Å². The molecule has 6 heteroatoms. The minimum Gasteiger partial charge on any atom is -0.483 e. The molecule has 0 aliphatic carbocycles. The Balaban J connectivity index is 1.40. The molecule has 0 saturated heterocycles. The molecule has 4 rings (SSSR count). The van der Waals surface area contributed by atoms with Gasteiger partial charge < -0.3 is 10.1 Å². The molecule has 0 bridgehead atoms. The first-order valence-electron chi connectivity index (χ1n) is 9.88. The van der Waals surface area contributed by atoms with Crippen LogP contribution in [-0.2, 0) is 11.2 Å². The van der Waals surface area contributed by atoms with Crippen molar-refractivity contribution in [1.29, 1.82) is 0 Å². The topological polar surface area (TPSA) is 84.1 Å². The van der Waals surface area contributed by atoms with E-state index in [9.17, 15) is 9.59 Å². The van der Waals surface area contributed by atoms with Crippen LogP contribution in [-0.4, -0.2) is 22.7 Å². The predicted molar refractivity (Wildman–Crippen MR) is 120 cm³/mol. The van der Waals surface area contributed by atoms with E-state index in [-0.39, 0.29) is 18.1 Å². The number of hydrogen-bond donors (Lipinski definition) is 2. The number of nitrogens with zero attached hydrogens (tertiary/aromatic N) is 1. The third kappa shape index (κ3) is 5.45. The van der Waals surface area contributed by atoms with Crippen molar-refractivity contribution in [2.45, 2.75) is 6.42 Å². The molecule has 0 atom stereocenters. The molecule has 0 unspecified atom stereocenters. The first-order valence-corrected chi connectivity index (χ1v) is 9.88. The lowest BCUT2D eigenvalue weighted by Crippen LogP contribution is -2.20. The highest BCUT2D eigenvalue weighted by Crippen LogP contribution is 2.22. The molecule has 4 aromatic rings. The van der Waals surface area contributed by atoms with Crippen LogP contribution in [0, 0.1) is 0 Å². The highest BCUT2D eigenvalue weighted by atomic mass is 16.5. The molecular formula is C25H21N3O3. The maximum atomic E-state index is 12.4. The Morgan fingerprint density at radius 3 is 2.52 bits per heavy atom. The first kappa shape index (κ1) is 20.1. The second-order valence-corrected chi connectivity index (χ2v) is 6.99. The van der Waals surface area contributed by atoms with Crippen molar-refractivity contribution in [2.24, 2.45) is 0 Å². The number of rotatable bonds is 7. The fourth-order valence-electron chi connectivity index (χ4n) is 3.21. The Hall–Kier alpha value is -4.19. The number of hydrogen-bond acceptors (Lipinski definition) is 4. The van der Waals surface area contributed by atoms with E-state index in [0.29, 0.717) is 17.1 Å². The van der Waals surface area contributed by atoms with Crippen molar-refractivity contribution in [3.8, 4) is 17.0 Å². The van der Waals surface area contributed by atoms with Crippen LogP contribution < -0.4 is 15.6 Å². The minimum absolute atomic E-state index is 0.104. The molecule has 154 valence electrons. The third-order valence-corrected chi connectivity index (χ3v) is 4.69. The molecule has 3 aromatic carbocycles. The van der Waals surface area contributed by atoms with E-state index in [1.165, 1.54) is 11.6 Å². The van der Waals surface area contributed by atoms with Gasteiger partial charge in [0.2, 0.25) is 0 Å². The summed E-state index contributed by atoms with van der Waals surface area (Å²) in [4.78, 5) is 23.6. The fourth-order valence-corrected chi connectivity index (χ4v) is 3.21. The molecule has 1 heterocycles. The lowest BCUT2D eigenvalue weighted by molar-refractivity contribution is -0.118. The molecule has 0 aliphatic heterocycles. The second kappa shape index (κ2) is 9.54. The SMILES string of the molecule is O=C(COc1ccccc1Cc1ccccc1)Nc1cccc(-c2ccc(=O)[nH]n2)c1. The Bertz CT molecular complexity index is 1220. The fraction of sp³-hybridized carbons (Fsp3) is 0.0800. The molecule has 2 N–H and O–H groups in total. The van der Waals surface area contributed by atoms with Gasteiger partial charge in [0.05, 0.1) is 5.69 Å². The van der Waals surface area contributed by atoms with Crippen LogP contribution >= 0.6 is 0 Å². The van der Waals surface area contributed by atoms with E-state index in [4.69, 9.17) is 4.74 Å². The molecule has 0 spiro atoms. The highest BCUT2D eigenvalue weighted by Gasteiger charge is 2.09. The number of amides is 1. The third-order valence-electron chi connectivity index (χ3n) is 4.69. The lowest BCUT2D eigenvalue weighted by atomic mass is 10.0. The van der Waals surface area contributed by atoms with Crippen LogP contribution in [0.1, 0.15) is 11.1 Å². The quantitative estimate of drug-likeness (QED) is 0.481. The van der Waals surface area contributed by atoms with Crippen molar-refractivity contribution in [3.05, 3.63) is 112 Å². The van der Waals surface area contributed by atoms with E-state index in [0.717, 1.165) is 17.5 Å². The summed E-state index contributed by atoms with van der Waals surface area (Å²) in [6, 6.07) is 28.1. The number of H-pyrrole nitrogens is 1. The smallest absolute Gasteiger partial charge is 0.264 e. The molecule has 31 heavy (non-hydrogen) atoms. The van der Waals surface area contributed by atoms with Crippen molar-refractivity contribution in [1.82, 2.24) is 10.2 Å². The lowest BCUT2D eigenvalue weighted by Gasteiger charge is -2.12. The van der Waals surface area contributed by atoms with Crippen LogP contribution in [0.15, 0.2) is 95.8 Å². The molecule has 1 amide bonds. The number of aromatic amines is 1. The summed E-state index contributed by atoms with van der Waals surface area (Å²) in [6.45, 7) is -0.104. The van der Waals surface area contributed by atoms with Gasteiger partial charge in [-0.2, -0.15) is 5.10 Å². The van der Waals surface area contributed by atoms with E-state index >= 15 is 0 Å². The van der Waals surface area contributed by atoms with Crippen molar-refractivity contribution < 1.29 is 9.53 Å². The summed E-state index contributed by atoms with van der Waals surface area (Å²) in [5, 5.41) is 9.26. The molecule has 6 nitrogen and oxygen atoms in total. The van der Waals surface area contributed by atoms with Crippen LogP contribution in [0.5, 0.6) is 5.75 Å². The van der Waals surface area contributed by atoms with Crippen molar-refractivity contribution >= 4 is 11.6 Å². The summed E-state index contributed by atoms with van der Waals surface area (Å²) in [5.74, 6) is 0.425. The number of aromatic nitrogens is 2. The van der Waals surface area contributed by atoms with E-state index < -0.39 is 0 Å². The van der Waals surface area contributed by atoms with E-state index in [2.05, 4.69) is 27.6 Å². The van der Waals surface area contributed by atoms with Gasteiger partial charge in [0.25, 0.3) is 11.5 Å². The van der Waals surface area contributed by atoms with Gasteiger partial charge in [0.15, 0.2) is 6.61 Å². The zero-order valence-corrected chi connectivity index (χ0v) is 16.7. The number of benzene rings is 3. The summed E-state index contributed by atoms with van der Waals surface area (Å²) in [7, 11) is 0. The van der Waals surface area contributed by atoms with Gasteiger partial charge in [-0.05, 0) is 35.4 Å². The number of carbonyl (C=O) groups is 1. The summed E-state index contributed by atoms with van der Waals surface area (Å²) in [5.41, 5.74) is 3.95. The number of carbonyl (C=O) groups excluding carboxylic acids is 1. The molecule has 0 saturated carbocycles. The Kier molecular flexibility index (Phi) is 6.18. The second-order valence-electron chi connectivity index (χ2n) is 6.99. The first-order chi connectivity index (χ1) is 15.2. The molecule has 0 aliphatic rings. The Labute approximate surface area is 179 Å². The summed E-state index contributed by atoms with van der Waals surface area (Å²) < 4.78 is 5.81. The van der Waals surface area contributed by atoms with Crippen molar-refractivity contribution in [3.63, 3.8) is 0 Å². The maximum Gasteiger partial charge on any atom is 0.264 e. The zero-order chi connectivity index (χ0) is 21.5. The maximum absolute atomic E-state index is 12.4. The molecule has 1 aromatic heterocycles. The van der Waals surface area contributed by atoms with Gasteiger partial charge in [-0.1, -0.05) is 60.7 Å². The predicted octanol–water partition coefficient (Wildman–Crippen LogP) is 4.05. The standard InChI is InChI=1S/C25H21N3O3/c29-24-14-13-22(27-28-24)19-10-6-11-21(16-19)26-25(30)17-31-23-12-5-4-9-20(23)15-18-7-2-1-3-8-18/h1-14,16H,15,17H2,(H,26,30)(H,28,29). The number of nitrogens with one attached hydrogen (secondary N) is 2. The Morgan fingerprint density at radius 2 is 1.71 bits per heavy atom. The summed E-state index contributed by atoms with van der Waals surface area (Å²) in [6.07, 6.45) is 0.729. The van der Waals surface area contributed by atoms with Crippen LogP contribution in [0.25, 0.3) is 11.3 Å². The van der Waals surface area contributed by atoms with E-state index in [1.807, 2.05) is 54.6 Å². The van der Waals surface area contributed by atoms with Crippen LogP contribution in [0.3, 0.4) is 0 Å². The average Bonchev–Trinajstić information content (AvgIpc) is 2.80. The summed E-state index contributed by atoms with van der Waals surface area (Å²) >= 11 is 0. The zero-order valence-electron chi connectivity index (χ0n) is 16.7. The number of para-hydroxylation sites is 1. The van der Waals surface area contributed by atoms with Gasteiger partial charge in [0.1, 0.15) is 5.75 Å². The average molecular weight is 411 g/mol. The van der Waals surface area contributed by atoms with Gasteiger partial charge in [0, 0.05) is 23.7 Å². The number of anilines is 1. The van der Waals surface area contributed by atoms with Gasteiger partial charge >= 0.3 is 0 Å². The monoisotopic (exact) mass is 411 g/mol. The van der Waals surface area contributed by atoms with Gasteiger partial charge in [-0.25, -0.2) is 5.10 Å². The normalized spacial score (nSPS) is 10.5. The largest absolute Gasteiger partial charge is 0.483 e. The molecular weight excluding hydrogens is 390 g/mol. The van der Waals surface area contributed by atoms with E-state index in [1.54, 1.807) is 18.2 Å². The minimum atomic E-state index is -0.266. The van der Waals surface area contributed by atoms with Gasteiger partial charge in [-0.15, -0.1) is 0 Å². The highest BCUT2D eigenvalue weighted by molar-refractivity contribution is 5.92. The molecule has 0 fully saturated rings. The Morgan fingerprint density at radius 1 is 0.903 bits per heavy atom. The molecule has 0 radical (unpaired) electrons. The van der Waals surface area contributed by atoms with Crippen LogP contribution in [0.4, 0.5) is 5.69 Å². The van der Waals surface area contributed by atoms with Crippen molar-refractivity contribution in [2.75, 3.05) is 11.9 Å². The number of ether oxygens (including phenoxy) is 1. The van der Waals surface area contributed by atoms with Crippen LogP contribution in [0.2, 0.25) is 0 Å².